The SMILES string of the molecule is c1ccc(N(c2ccc(-c3ccc4c(c3)Cc3cc(-c5ccc6ccccc6c5)ccc3N4c3cccc4ccccc34)cc2)c2ccc3ccccc3c2)cc1. The molecule has 0 radical (unpaired) electrons. The van der Waals surface area contributed by atoms with Gasteiger partial charge in [-0.3, -0.25) is 0 Å². The molecule has 0 aromatic heterocycles. The van der Waals surface area contributed by atoms with Crippen molar-refractivity contribution in [2.45, 2.75) is 6.42 Å². The maximum absolute atomic E-state index is 2.48. The molecular weight excluding hydrogens is 689 g/mol. The van der Waals surface area contributed by atoms with Crippen molar-refractivity contribution in [2.24, 2.45) is 0 Å². The van der Waals surface area contributed by atoms with Crippen LogP contribution < -0.4 is 9.80 Å². The molecule has 0 saturated heterocycles. The Bertz CT molecular complexity index is 3100. The van der Waals surface area contributed by atoms with E-state index in [1.165, 1.54) is 82.8 Å². The van der Waals surface area contributed by atoms with Crippen LogP contribution in [0.2, 0.25) is 0 Å². The Balaban J connectivity index is 1.00. The summed E-state index contributed by atoms with van der Waals surface area (Å²) < 4.78 is 0. The normalized spacial score (nSPS) is 12.1. The first-order valence-corrected chi connectivity index (χ1v) is 19.7. The van der Waals surface area contributed by atoms with E-state index in [1.54, 1.807) is 0 Å². The summed E-state index contributed by atoms with van der Waals surface area (Å²) in [4.78, 5) is 4.82. The van der Waals surface area contributed by atoms with Gasteiger partial charge in [0.25, 0.3) is 0 Å². The predicted octanol–water partition coefficient (Wildman–Crippen LogP) is 15.3. The van der Waals surface area contributed by atoms with Gasteiger partial charge in [-0.05, 0) is 133 Å². The van der Waals surface area contributed by atoms with Crippen molar-refractivity contribution in [3.8, 4) is 22.3 Å². The highest BCUT2D eigenvalue weighted by Gasteiger charge is 2.26. The molecule has 0 N–H and O–H groups in total. The maximum Gasteiger partial charge on any atom is 0.0540 e. The highest BCUT2D eigenvalue weighted by atomic mass is 15.2. The Labute approximate surface area is 333 Å². The molecular formula is C55H38N2. The number of anilines is 6. The summed E-state index contributed by atoms with van der Waals surface area (Å²) in [5, 5.41) is 7.47. The fourth-order valence-corrected chi connectivity index (χ4v) is 8.76. The molecule has 0 aliphatic carbocycles. The molecule has 0 atom stereocenters. The fraction of sp³-hybridized carbons (Fsp3) is 0.0182. The minimum absolute atomic E-state index is 0.850. The fourth-order valence-electron chi connectivity index (χ4n) is 8.76. The van der Waals surface area contributed by atoms with E-state index in [2.05, 4.69) is 228 Å². The average Bonchev–Trinajstić information content (AvgIpc) is 3.28. The van der Waals surface area contributed by atoms with Crippen LogP contribution in [0.5, 0.6) is 0 Å². The lowest BCUT2D eigenvalue weighted by molar-refractivity contribution is 1.09. The molecule has 10 aromatic carbocycles. The average molecular weight is 727 g/mol. The van der Waals surface area contributed by atoms with Crippen LogP contribution in [0.3, 0.4) is 0 Å². The van der Waals surface area contributed by atoms with Gasteiger partial charge >= 0.3 is 0 Å². The molecule has 0 amide bonds. The van der Waals surface area contributed by atoms with Gasteiger partial charge in [0.2, 0.25) is 0 Å². The Kier molecular flexibility index (Phi) is 7.93. The molecule has 1 aliphatic heterocycles. The van der Waals surface area contributed by atoms with Crippen molar-refractivity contribution in [3.05, 3.63) is 230 Å². The number of rotatable bonds is 6. The number of benzene rings is 10. The summed E-state index contributed by atoms with van der Waals surface area (Å²) in [6.07, 6.45) is 0.850. The van der Waals surface area contributed by atoms with Gasteiger partial charge in [0.1, 0.15) is 0 Å². The molecule has 268 valence electrons. The monoisotopic (exact) mass is 726 g/mol. The second-order valence-electron chi connectivity index (χ2n) is 15.0. The summed E-state index contributed by atoms with van der Waals surface area (Å²) in [7, 11) is 0. The van der Waals surface area contributed by atoms with Gasteiger partial charge in [-0.15, -0.1) is 0 Å². The van der Waals surface area contributed by atoms with Gasteiger partial charge in [-0.1, -0.05) is 146 Å². The molecule has 0 bridgehead atoms. The van der Waals surface area contributed by atoms with Gasteiger partial charge in [0.05, 0.1) is 5.69 Å². The van der Waals surface area contributed by atoms with Crippen LogP contribution in [0.4, 0.5) is 34.1 Å². The minimum Gasteiger partial charge on any atom is -0.310 e. The lowest BCUT2D eigenvalue weighted by Gasteiger charge is -2.35. The molecule has 0 unspecified atom stereocenters. The van der Waals surface area contributed by atoms with Crippen LogP contribution in [0, 0.1) is 0 Å². The first kappa shape index (κ1) is 33.0. The zero-order valence-corrected chi connectivity index (χ0v) is 31.4. The number of para-hydroxylation sites is 1. The van der Waals surface area contributed by atoms with Gasteiger partial charge < -0.3 is 9.80 Å². The summed E-state index contributed by atoms with van der Waals surface area (Å²) in [6, 6.07) is 79.8. The van der Waals surface area contributed by atoms with E-state index < -0.39 is 0 Å². The summed E-state index contributed by atoms with van der Waals surface area (Å²) >= 11 is 0. The van der Waals surface area contributed by atoms with E-state index in [4.69, 9.17) is 0 Å². The second kappa shape index (κ2) is 13.7. The van der Waals surface area contributed by atoms with Crippen molar-refractivity contribution < 1.29 is 0 Å². The Morgan fingerprint density at radius 1 is 0.298 bits per heavy atom. The zero-order chi connectivity index (χ0) is 37.7. The summed E-state index contributed by atoms with van der Waals surface area (Å²) in [5.41, 5.74) is 14.6. The highest BCUT2D eigenvalue weighted by molar-refractivity contribution is 6.01. The Morgan fingerprint density at radius 2 is 0.789 bits per heavy atom. The molecule has 57 heavy (non-hydrogen) atoms. The maximum atomic E-state index is 2.48. The van der Waals surface area contributed by atoms with Gasteiger partial charge in [-0.2, -0.15) is 0 Å². The van der Waals surface area contributed by atoms with Crippen LogP contribution in [0.1, 0.15) is 11.1 Å². The van der Waals surface area contributed by atoms with E-state index in [0.717, 1.165) is 23.5 Å². The molecule has 1 aliphatic rings. The summed E-state index contributed by atoms with van der Waals surface area (Å²) in [5.74, 6) is 0. The van der Waals surface area contributed by atoms with Crippen LogP contribution in [0.25, 0.3) is 54.6 Å². The lowest BCUT2D eigenvalue weighted by Crippen LogP contribution is -2.19. The quantitative estimate of drug-likeness (QED) is 0.168. The molecule has 0 saturated carbocycles. The van der Waals surface area contributed by atoms with Crippen LogP contribution in [-0.2, 0) is 6.42 Å². The molecule has 0 fully saturated rings. The highest BCUT2D eigenvalue weighted by Crippen LogP contribution is 2.48. The molecule has 1 heterocycles. The van der Waals surface area contributed by atoms with Crippen molar-refractivity contribution >= 4 is 66.4 Å². The third-order valence-corrected chi connectivity index (χ3v) is 11.6. The first-order valence-electron chi connectivity index (χ1n) is 19.7. The van der Waals surface area contributed by atoms with E-state index >= 15 is 0 Å². The zero-order valence-electron chi connectivity index (χ0n) is 31.4. The van der Waals surface area contributed by atoms with Crippen molar-refractivity contribution in [1.82, 2.24) is 0 Å². The van der Waals surface area contributed by atoms with Gasteiger partial charge in [0, 0.05) is 40.2 Å². The van der Waals surface area contributed by atoms with Crippen LogP contribution in [0.15, 0.2) is 218 Å². The van der Waals surface area contributed by atoms with Gasteiger partial charge in [-0.25, -0.2) is 0 Å². The van der Waals surface area contributed by atoms with Crippen molar-refractivity contribution in [3.63, 3.8) is 0 Å². The Morgan fingerprint density at radius 3 is 1.51 bits per heavy atom. The number of nitrogens with zero attached hydrogens (tertiary/aromatic N) is 2. The number of fused-ring (bicyclic) bond motifs is 5. The molecule has 2 heteroatoms. The van der Waals surface area contributed by atoms with Crippen molar-refractivity contribution in [1.29, 1.82) is 0 Å². The van der Waals surface area contributed by atoms with Gasteiger partial charge in [0.15, 0.2) is 0 Å². The van der Waals surface area contributed by atoms with E-state index in [-0.39, 0.29) is 0 Å². The number of hydrogen-bond acceptors (Lipinski definition) is 2. The standard InChI is InChI=1S/C55H38N2/c1-2-17-49(18-3-1)56(51-30-25-39-12-5-7-15-43(39)37-51)50-28-23-40(24-29-50)44-26-31-53-47(34-44)36-48-35-46(45-22-21-38-11-4-6-14-42(38)33-45)27-32-54(48)57(53)55-20-10-16-41-13-8-9-19-52(41)55/h1-35,37H,36H2. The van der Waals surface area contributed by atoms with Crippen molar-refractivity contribution in [2.75, 3.05) is 9.80 Å². The molecule has 2 nitrogen and oxygen atoms in total. The smallest absolute Gasteiger partial charge is 0.0540 e. The van der Waals surface area contributed by atoms with E-state index in [9.17, 15) is 0 Å². The summed E-state index contributed by atoms with van der Waals surface area (Å²) in [6.45, 7) is 0. The molecule has 11 rings (SSSR count). The molecule has 0 spiro atoms. The second-order valence-corrected chi connectivity index (χ2v) is 15.0. The molecule has 10 aromatic rings. The van der Waals surface area contributed by atoms with Crippen LogP contribution >= 0.6 is 0 Å². The topological polar surface area (TPSA) is 6.48 Å². The third-order valence-electron chi connectivity index (χ3n) is 11.6. The minimum atomic E-state index is 0.850. The van der Waals surface area contributed by atoms with E-state index in [1.807, 2.05) is 0 Å². The van der Waals surface area contributed by atoms with Crippen LogP contribution in [-0.4, -0.2) is 0 Å². The Hall–Kier alpha value is -7.42. The first-order chi connectivity index (χ1) is 28.2. The lowest BCUT2D eigenvalue weighted by atomic mass is 9.89. The predicted molar refractivity (Wildman–Crippen MR) is 242 cm³/mol. The third kappa shape index (κ3) is 5.91. The largest absolute Gasteiger partial charge is 0.310 e. The van der Waals surface area contributed by atoms with E-state index in [0.29, 0.717) is 0 Å². The number of hydrogen-bond donors (Lipinski definition) is 0.